The fourth-order valence-corrected chi connectivity index (χ4v) is 2.31. The van der Waals surface area contributed by atoms with Gasteiger partial charge in [-0.2, -0.15) is 0 Å². The van der Waals surface area contributed by atoms with Crippen molar-refractivity contribution in [2.24, 2.45) is 5.92 Å². The maximum Gasteiger partial charge on any atom is 0.308 e. The van der Waals surface area contributed by atoms with Crippen molar-refractivity contribution in [3.05, 3.63) is 35.9 Å². The number of piperidine rings is 1. The summed E-state index contributed by atoms with van der Waals surface area (Å²) < 4.78 is 0. The van der Waals surface area contributed by atoms with E-state index >= 15 is 0 Å². The predicted molar refractivity (Wildman–Crippen MR) is 76.8 cm³/mol. The van der Waals surface area contributed by atoms with Crippen LogP contribution in [0.4, 0.5) is 5.69 Å². The molecule has 20 heavy (non-hydrogen) atoms. The number of carbonyl (C=O) groups excluding carboxylic acids is 1. The highest BCUT2D eigenvalue weighted by Crippen LogP contribution is 2.17. The maximum absolute atomic E-state index is 12.0. The van der Waals surface area contributed by atoms with Gasteiger partial charge in [0, 0.05) is 24.9 Å². The Morgan fingerprint density at radius 2 is 2.20 bits per heavy atom. The second-order valence-electron chi connectivity index (χ2n) is 4.97. The van der Waals surface area contributed by atoms with Crippen molar-refractivity contribution in [3.63, 3.8) is 0 Å². The molecule has 1 heterocycles. The summed E-state index contributed by atoms with van der Waals surface area (Å²) in [7, 11) is 0. The van der Waals surface area contributed by atoms with E-state index in [1.54, 1.807) is 23.1 Å². The lowest BCUT2D eigenvalue weighted by molar-refractivity contribution is -0.144. The second-order valence-corrected chi connectivity index (χ2v) is 4.97. The van der Waals surface area contributed by atoms with Gasteiger partial charge in [-0.3, -0.25) is 9.59 Å². The van der Waals surface area contributed by atoms with Crippen LogP contribution in [0.15, 0.2) is 30.3 Å². The molecule has 0 aromatic heterocycles. The molecule has 1 unspecified atom stereocenters. The molecule has 0 bridgehead atoms. The third kappa shape index (κ3) is 3.60. The first-order valence-corrected chi connectivity index (χ1v) is 6.61. The molecule has 0 saturated carbocycles. The van der Waals surface area contributed by atoms with Gasteiger partial charge in [0.05, 0.1) is 5.92 Å². The number of aliphatic carboxylic acids is 1. The Morgan fingerprint density at radius 3 is 2.90 bits per heavy atom. The first-order valence-electron chi connectivity index (χ1n) is 6.61. The normalized spacial score (nSPS) is 19.2. The van der Waals surface area contributed by atoms with E-state index in [2.05, 4.69) is 0 Å². The number of nitrogens with two attached hydrogens (primary N) is 1. The molecule has 5 heteroatoms. The Kier molecular flexibility index (Phi) is 4.40. The number of nitrogen functional groups attached to an aromatic ring is 1. The van der Waals surface area contributed by atoms with E-state index in [9.17, 15) is 9.59 Å². The van der Waals surface area contributed by atoms with E-state index in [1.807, 2.05) is 12.1 Å². The van der Waals surface area contributed by atoms with E-state index in [1.165, 1.54) is 6.08 Å². The van der Waals surface area contributed by atoms with Gasteiger partial charge in [-0.05, 0) is 36.6 Å². The van der Waals surface area contributed by atoms with Crippen LogP contribution in [0.5, 0.6) is 0 Å². The van der Waals surface area contributed by atoms with Crippen molar-refractivity contribution >= 4 is 23.6 Å². The molecule has 0 spiro atoms. The molecule has 106 valence electrons. The number of benzene rings is 1. The minimum absolute atomic E-state index is 0.154. The van der Waals surface area contributed by atoms with E-state index in [-0.39, 0.29) is 12.5 Å². The summed E-state index contributed by atoms with van der Waals surface area (Å²) >= 11 is 0. The minimum Gasteiger partial charge on any atom is -0.481 e. The smallest absolute Gasteiger partial charge is 0.308 e. The Morgan fingerprint density at radius 1 is 1.40 bits per heavy atom. The van der Waals surface area contributed by atoms with Gasteiger partial charge in [0.25, 0.3) is 0 Å². The molecule has 1 fully saturated rings. The van der Waals surface area contributed by atoms with Crippen LogP contribution < -0.4 is 5.73 Å². The molecule has 1 aliphatic heterocycles. The number of hydrogen-bond acceptors (Lipinski definition) is 3. The van der Waals surface area contributed by atoms with Crippen LogP contribution in [0, 0.1) is 5.92 Å². The third-order valence-electron chi connectivity index (χ3n) is 3.41. The number of hydrogen-bond donors (Lipinski definition) is 2. The Labute approximate surface area is 117 Å². The van der Waals surface area contributed by atoms with Crippen molar-refractivity contribution in [3.8, 4) is 0 Å². The summed E-state index contributed by atoms with van der Waals surface area (Å²) in [5, 5.41) is 9.01. The van der Waals surface area contributed by atoms with E-state index in [0.717, 1.165) is 12.0 Å². The first kappa shape index (κ1) is 14.1. The molecule has 1 aliphatic rings. The van der Waals surface area contributed by atoms with Crippen LogP contribution in [0.1, 0.15) is 18.4 Å². The molecule has 0 aliphatic carbocycles. The number of likely N-dealkylation sites (tertiary alicyclic amines) is 1. The molecule has 1 saturated heterocycles. The number of rotatable bonds is 3. The van der Waals surface area contributed by atoms with Gasteiger partial charge in [0.2, 0.25) is 5.91 Å². The summed E-state index contributed by atoms with van der Waals surface area (Å²) in [6, 6.07) is 7.23. The predicted octanol–water partition coefficient (Wildman–Crippen LogP) is 1.61. The Bertz CT molecular complexity index is 540. The number of anilines is 1. The summed E-state index contributed by atoms with van der Waals surface area (Å²) in [5.74, 6) is -1.44. The van der Waals surface area contributed by atoms with Gasteiger partial charge in [-0.25, -0.2) is 0 Å². The number of amides is 1. The van der Waals surface area contributed by atoms with Crippen molar-refractivity contribution < 1.29 is 14.7 Å². The largest absolute Gasteiger partial charge is 0.481 e. The summed E-state index contributed by atoms with van der Waals surface area (Å²) in [5.41, 5.74) is 7.16. The Balaban J connectivity index is 1.99. The molecule has 3 N–H and O–H groups in total. The lowest BCUT2D eigenvalue weighted by atomic mass is 9.98. The van der Waals surface area contributed by atoms with Crippen LogP contribution in [0.2, 0.25) is 0 Å². The zero-order valence-corrected chi connectivity index (χ0v) is 11.2. The SMILES string of the molecule is Nc1cccc(/C=C/C(=O)N2CCCC(C(=O)O)C2)c1. The molecule has 5 nitrogen and oxygen atoms in total. The maximum atomic E-state index is 12.0. The van der Waals surface area contributed by atoms with Gasteiger partial charge in [0.15, 0.2) is 0 Å². The fraction of sp³-hybridized carbons (Fsp3) is 0.333. The van der Waals surface area contributed by atoms with Crippen LogP contribution in [0.3, 0.4) is 0 Å². The highest BCUT2D eigenvalue weighted by molar-refractivity contribution is 5.92. The van der Waals surface area contributed by atoms with Gasteiger partial charge in [-0.15, -0.1) is 0 Å². The van der Waals surface area contributed by atoms with E-state index in [0.29, 0.717) is 18.7 Å². The van der Waals surface area contributed by atoms with Crippen molar-refractivity contribution in [2.75, 3.05) is 18.8 Å². The Hall–Kier alpha value is -2.30. The van der Waals surface area contributed by atoms with Crippen molar-refractivity contribution in [1.82, 2.24) is 4.90 Å². The monoisotopic (exact) mass is 274 g/mol. The molecule has 0 radical (unpaired) electrons. The van der Waals surface area contributed by atoms with Crippen LogP contribution in [-0.2, 0) is 9.59 Å². The number of nitrogens with zero attached hydrogens (tertiary/aromatic N) is 1. The quantitative estimate of drug-likeness (QED) is 0.648. The third-order valence-corrected chi connectivity index (χ3v) is 3.41. The van der Waals surface area contributed by atoms with E-state index < -0.39 is 11.9 Å². The average Bonchev–Trinajstić information content (AvgIpc) is 2.45. The number of carboxylic acids is 1. The standard InChI is InChI=1S/C15H18N2O3/c16-13-5-1-3-11(9-13)6-7-14(18)17-8-2-4-12(10-17)15(19)20/h1,3,5-7,9,12H,2,4,8,10,16H2,(H,19,20)/b7-6+. The molecule has 1 aromatic rings. The highest BCUT2D eigenvalue weighted by Gasteiger charge is 2.26. The van der Waals surface area contributed by atoms with Gasteiger partial charge < -0.3 is 15.7 Å². The summed E-state index contributed by atoms with van der Waals surface area (Å²) in [6.07, 6.45) is 4.54. The van der Waals surface area contributed by atoms with Crippen LogP contribution in [0.25, 0.3) is 6.08 Å². The molecule has 1 aromatic carbocycles. The van der Waals surface area contributed by atoms with Crippen LogP contribution >= 0.6 is 0 Å². The second kappa shape index (κ2) is 6.23. The molecule has 1 amide bonds. The fourth-order valence-electron chi connectivity index (χ4n) is 2.31. The summed E-state index contributed by atoms with van der Waals surface area (Å²) in [6.45, 7) is 0.902. The van der Waals surface area contributed by atoms with Gasteiger partial charge >= 0.3 is 5.97 Å². The van der Waals surface area contributed by atoms with Gasteiger partial charge in [-0.1, -0.05) is 12.1 Å². The van der Waals surface area contributed by atoms with E-state index in [4.69, 9.17) is 10.8 Å². The topological polar surface area (TPSA) is 83.6 Å². The highest BCUT2D eigenvalue weighted by atomic mass is 16.4. The lowest BCUT2D eigenvalue weighted by Crippen LogP contribution is -2.41. The molecular formula is C15H18N2O3. The average molecular weight is 274 g/mol. The zero-order chi connectivity index (χ0) is 14.5. The lowest BCUT2D eigenvalue weighted by Gasteiger charge is -2.29. The van der Waals surface area contributed by atoms with Crippen LogP contribution in [-0.4, -0.2) is 35.0 Å². The molecule has 1 atom stereocenters. The number of carbonyl (C=O) groups is 2. The molecular weight excluding hydrogens is 256 g/mol. The van der Waals surface area contributed by atoms with Gasteiger partial charge in [0.1, 0.15) is 0 Å². The molecule has 2 rings (SSSR count). The number of carboxylic acid groups (broad SMARTS) is 1. The first-order chi connectivity index (χ1) is 9.56. The van der Waals surface area contributed by atoms with Crippen molar-refractivity contribution in [2.45, 2.75) is 12.8 Å². The minimum atomic E-state index is -0.831. The summed E-state index contributed by atoms with van der Waals surface area (Å²) in [4.78, 5) is 24.6. The zero-order valence-electron chi connectivity index (χ0n) is 11.2. The van der Waals surface area contributed by atoms with Crippen molar-refractivity contribution in [1.29, 1.82) is 0 Å².